The smallest absolute Gasteiger partial charge is 0.159 e. The molecular weight excluding hydrogens is 238 g/mol. The summed E-state index contributed by atoms with van der Waals surface area (Å²) in [7, 11) is 0. The Hall–Kier alpha value is -1.51. The molecule has 0 unspecified atom stereocenters. The number of rotatable bonds is 6. The molecule has 0 spiro atoms. The van der Waals surface area contributed by atoms with E-state index < -0.39 is 0 Å². The van der Waals surface area contributed by atoms with Gasteiger partial charge in [0.25, 0.3) is 0 Å². The summed E-state index contributed by atoms with van der Waals surface area (Å²) in [6.45, 7) is 6.54. The van der Waals surface area contributed by atoms with Crippen LogP contribution in [0.3, 0.4) is 0 Å². The second kappa shape index (κ2) is 6.60. The number of hydrogen-bond acceptors (Lipinski definition) is 3. The lowest BCUT2D eigenvalue weighted by molar-refractivity contribution is 0.101. The standard InChI is InChI=1S/C16H23NO2/c1-3-4-5-6-9-17-10-11-19-16-8-7-14(13(2)18)12-15(16)17/h7-8,12H,3-6,9-11H2,1-2H3. The van der Waals surface area contributed by atoms with Crippen molar-refractivity contribution in [3.05, 3.63) is 23.8 Å². The Morgan fingerprint density at radius 2 is 2.16 bits per heavy atom. The number of carbonyl (C=O) groups is 1. The Labute approximate surface area is 115 Å². The molecule has 1 aromatic rings. The highest BCUT2D eigenvalue weighted by Crippen LogP contribution is 2.32. The Bertz CT molecular complexity index is 442. The molecular formula is C16H23NO2. The van der Waals surface area contributed by atoms with E-state index in [0.29, 0.717) is 0 Å². The molecule has 1 aliphatic heterocycles. The quantitative estimate of drug-likeness (QED) is 0.578. The lowest BCUT2D eigenvalue weighted by Crippen LogP contribution is -2.33. The molecule has 0 atom stereocenters. The van der Waals surface area contributed by atoms with Crippen molar-refractivity contribution in [2.75, 3.05) is 24.6 Å². The minimum absolute atomic E-state index is 0.110. The molecule has 3 heteroatoms. The van der Waals surface area contributed by atoms with Crippen molar-refractivity contribution in [3.63, 3.8) is 0 Å². The zero-order chi connectivity index (χ0) is 13.7. The molecule has 0 aliphatic carbocycles. The van der Waals surface area contributed by atoms with Crippen LogP contribution in [-0.4, -0.2) is 25.5 Å². The van der Waals surface area contributed by atoms with E-state index in [-0.39, 0.29) is 5.78 Å². The van der Waals surface area contributed by atoms with E-state index in [1.807, 2.05) is 18.2 Å². The first-order valence-corrected chi connectivity index (χ1v) is 7.25. The molecule has 0 amide bonds. The summed E-state index contributed by atoms with van der Waals surface area (Å²) < 4.78 is 5.66. The van der Waals surface area contributed by atoms with E-state index in [9.17, 15) is 4.79 Å². The van der Waals surface area contributed by atoms with Gasteiger partial charge in [-0.2, -0.15) is 0 Å². The van der Waals surface area contributed by atoms with Crippen LogP contribution in [0, 0.1) is 0 Å². The lowest BCUT2D eigenvalue weighted by atomic mass is 10.1. The van der Waals surface area contributed by atoms with Gasteiger partial charge in [-0.25, -0.2) is 0 Å². The van der Waals surface area contributed by atoms with Gasteiger partial charge in [0, 0.05) is 12.1 Å². The first kappa shape index (κ1) is 13.9. The molecule has 0 saturated carbocycles. The van der Waals surface area contributed by atoms with Crippen molar-refractivity contribution >= 4 is 11.5 Å². The number of hydrogen-bond donors (Lipinski definition) is 0. The molecule has 19 heavy (non-hydrogen) atoms. The van der Waals surface area contributed by atoms with Gasteiger partial charge in [-0.05, 0) is 31.5 Å². The highest BCUT2D eigenvalue weighted by Gasteiger charge is 2.18. The van der Waals surface area contributed by atoms with Crippen LogP contribution in [0.2, 0.25) is 0 Å². The largest absolute Gasteiger partial charge is 0.490 e. The predicted molar refractivity (Wildman–Crippen MR) is 78.3 cm³/mol. The molecule has 0 fully saturated rings. The number of ether oxygens (including phenoxy) is 1. The second-order valence-electron chi connectivity index (χ2n) is 5.13. The third-order valence-electron chi connectivity index (χ3n) is 3.61. The Morgan fingerprint density at radius 1 is 1.32 bits per heavy atom. The summed E-state index contributed by atoms with van der Waals surface area (Å²) in [5.41, 5.74) is 1.85. The van der Waals surface area contributed by atoms with Crippen molar-refractivity contribution in [1.29, 1.82) is 0 Å². The van der Waals surface area contributed by atoms with Gasteiger partial charge in [0.05, 0.1) is 12.2 Å². The summed E-state index contributed by atoms with van der Waals surface area (Å²) in [5, 5.41) is 0. The number of anilines is 1. The van der Waals surface area contributed by atoms with Crippen molar-refractivity contribution < 1.29 is 9.53 Å². The summed E-state index contributed by atoms with van der Waals surface area (Å²) in [4.78, 5) is 13.8. The molecule has 0 aromatic heterocycles. The van der Waals surface area contributed by atoms with Crippen LogP contribution < -0.4 is 9.64 Å². The third-order valence-corrected chi connectivity index (χ3v) is 3.61. The van der Waals surface area contributed by atoms with E-state index in [0.717, 1.165) is 36.7 Å². The Balaban J connectivity index is 2.08. The van der Waals surface area contributed by atoms with Crippen LogP contribution >= 0.6 is 0 Å². The molecule has 2 rings (SSSR count). The first-order valence-electron chi connectivity index (χ1n) is 7.25. The average molecular weight is 261 g/mol. The molecule has 3 nitrogen and oxygen atoms in total. The van der Waals surface area contributed by atoms with Gasteiger partial charge in [0.15, 0.2) is 5.78 Å². The van der Waals surface area contributed by atoms with Crippen LogP contribution in [0.1, 0.15) is 49.9 Å². The Morgan fingerprint density at radius 3 is 2.89 bits per heavy atom. The third kappa shape index (κ3) is 3.49. The number of Topliss-reactive ketones (excluding diaryl/α,β-unsaturated/α-hetero) is 1. The fourth-order valence-corrected chi connectivity index (χ4v) is 2.45. The van der Waals surface area contributed by atoms with Gasteiger partial charge in [-0.1, -0.05) is 26.2 Å². The highest BCUT2D eigenvalue weighted by molar-refractivity contribution is 5.95. The first-order chi connectivity index (χ1) is 9.22. The van der Waals surface area contributed by atoms with Crippen LogP contribution in [-0.2, 0) is 0 Å². The lowest BCUT2D eigenvalue weighted by Gasteiger charge is -2.31. The van der Waals surface area contributed by atoms with Crippen molar-refractivity contribution in [3.8, 4) is 5.75 Å². The van der Waals surface area contributed by atoms with Crippen molar-refractivity contribution in [2.24, 2.45) is 0 Å². The predicted octanol–water partition coefficient (Wildman–Crippen LogP) is 3.67. The number of fused-ring (bicyclic) bond motifs is 1. The minimum atomic E-state index is 0.110. The average Bonchev–Trinajstić information content (AvgIpc) is 2.43. The van der Waals surface area contributed by atoms with Crippen LogP contribution in [0.5, 0.6) is 5.75 Å². The fraction of sp³-hybridized carbons (Fsp3) is 0.562. The number of carbonyl (C=O) groups excluding carboxylic acids is 1. The summed E-state index contributed by atoms with van der Waals surface area (Å²) in [6, 6.07) is 5.74. The van der Waals surface area contributed by atoms with Crippen LogP contribution in [0.4, 0.5) is 5.69 Å². The van der Waals surface area contributed by atoms with Gasteiger partial charge < -0.3 is 9.64 Å². The summed E-state index contributed by atoms with van der Waals surface area (Å²) in [5.74, 6) is 1.02. The zero-order valence-electron chi connectivity index (χ0n) is 11.9. The van der Waals surface area contributed by atoms with E-state index >= 15 is 0 Å². The summed E-state index contributed by atoms with van der Waals surface area (Å²) in [6.07, 6.45) is 5.03. The Kier molecular flexibility index (Phi) is 4.83. The zero-order valence-corrected chi connectivity index (χ0v) is 11.9. The van der Waals surface area contributed by atoms with Gasteiger partial charge in [0.1, 0.15) is 12.4 Å². The maximum Gasteiger partial charge on any atom is 0.159 e. The molecule has 1 aromatic carbocycles. The van der Waals surface area contributed by atoms with Gasteiger partial charge in [-0.15, -0.1) is 0 Å². The molecule has 0 saturated heterocycles. The topological polar surface area (TPSA) is 29.5 Å². The maximum atomic E-state index is 11.5. The fourth-order valence-electron chi connectivity index (χ4n) is 2.45. The van der Waals surface area contributed by atoms with E-state index in [1.165, 1.54) is 25.7 Å². The number of nitrogens with zero attached hydrogens (tertiary/aromatic N) is 1. The monoisotopic (exact) mass is 261 g/mol. The molecule has 0 radical (unpaired) electrons. The molecule has 104 valence electrons. The highest BCUT2D eigenvalue weighted by atomic mass is 16.5. The van der Waals surface area contributed by atoms with Gasteiger partial charge >= 0.3 is 0 Å². The second-order valence-corrected chi connectivity index (χ2v) is 5.13. The summed E-state index contributed by atoms with van der Waals surface area (Å²) >= 11 is 0. The maximum absolute atomic E-state index is 11.5. The molecule has 1 heterocycles. The normalized spacial score (nSPS) is 13.9. The van der Waals surface area contributed by atoms with E-state index in [2.05, 4.69) is 11.8 Å². The van der Waals surface area contributed by atoms with E-state index in [4.69, 9.17) is 4.74 Å². The van der Waals surface area contributed by atoms with E-state index in [1.54, 1.807) is 6.92 Å². The van der Waals surface area contributed by atoms with Crippen molar-refractivity contribution in [2.45, 2.75) is 39.5 Å². The molecule has 1 aliphatic rings. The molecule has 0 bridgehead atoms. The number of benzene rings is 1. The number of unbranched alkanes of at least 4 members (excludes halogenated alkanes) is 3. The molecule has 0 N–H and O–H groups in total. The SMILES string of the molecule is CCCCCCN1CCOc2ccc(C(C)=O)cc21. The van der Waals surface area contributed by atoms with Gasteiger partial charge in [-0.3, -0.25) is 4.79 Å². The van der Waals surface area contributed by atoms with Gasteiger partial charge in [0.2, 0.25) is 0 Å². The van der Waals surface area contributed by atoms with Crippen molar-refractivity contribution in [1.82, 2.24) is 0 Å². The minimum Gasteiger partial charge on any atom is -0.490 e. The van der Waals surface area contributed by atoms with Crippen LogP contribution in [0.15, 0.2) is 18.2 Å². The van der Waals surface area contributed by atoms with Crippen LogP contribution in [0.25, 0.3) is 0 Å². The number of ketones is 1.